The van der Waals surface area contributed by atoms with E-state index in [2.05, 4.69) is 10.3 Å². The molecule has 132 valence electrons. The SMILES string of the molecule is COc1cc(C(C)=O)ccc1OCC(=O)Nc1cnc2ccccc2c1. The van der Waals surface area contributed by atoms with Crippen molar-refractivity contribution < 1.29 is 19.1 Å². The minimum Gasteiger partial charge on any atom is -0.493 e. The summed E-state index contributed by atoms with van der Waals surface area (Å²) in [5.41, 5.74) is 1.97. The van der Waals surface area contributed by atoms with Gasteiger partial charge in [0.25, 0.3) is 5.91 Å². The zero-order valence-corrected chi connectivity index (χ0v) is 14.5. The zero-order chi connectivity index (χ0) is 18.5. The molecule has 0 saturated heterocycles. The first-order valence-corrected chi connectivity index (χ1v) is 8.03. The summed E-state index contributed by atoms with van der Waals surface area (Å²) in [6, 6.07) is 14.3. The molecule has 26 heavy (non-hydrogen) atoms. The molecule has 0 fully saturated rings. The van der Waals surface area contributed by atoms with Crippen LogP contribution in [0.1, 0.15) is 17.3 Å². The number of carbonyl (C=O) groups is 2. The molecule has 3 aromatic rings. The van der Waals surface area contributed by atoms with Crippen LogP contribution in [-0.2, 0) is 4.79 Å². The number of anilines is 1. The number of benzene rings is 2. The summed E-state index contributed by atoms with van der Waals surface area (Å²) >= 11 is 0. The third-order valence-corrected chi connectivity index (χ3v) is 3.80. The fourth-order valence-corrected chi connectivity index (χ4v) is 2.49. The van der Waals surface area contributed by atoms with Crippen LogP contribution in [0.4, 0.5) is 5.69 Å². The van der Waals surface area contributed by atoms with Crippen LogP contribution in [0.25, 0.3) is 10.9 Å². The lowest BCUT2D eigenvalue weighted by Crippen LogP contribution is -2.20. The number of fused-ring (bicyclic) bond motifs is 1. The van der Waals surface area contributed by atoms with Gasteiger partial charge in [0.2, 0.25) is 0 Å². The highest BCUT2D eigenvalue weighted by Gasteiger charge is 2.11. The van der Waals surface area contributed by atoms with Crippen molar-refractivity contribution in [3.05, 3.63) is 60.3 Å². The Labute approximate surface area is 150 Å². The third-order valence-electron chi connectivity index (χ3n) is 3.80. The molecule has 0 unspecified atom stereocenters. The van der Waals surface area contributed by atoms with Crippen LogP contribution in [-0.4, -0.2) is 30.4 Å². The van der Waals surface area contributed by atoms with Crippen molar-refractivity contribution in [2.45, 2.75) is 6.92 Å². The normalized spacial score (nSPS) is 10.4. The summed E-state index contributed by atoms with van der Waals surface area (Å²) in [7, 11) is 1.48. The lowest BCUT2D eigenvalue weighted by atomic mass is 10.1. The van der Waals surface area contributed by atoms with E-state index in [0.29, 0.717) is 22.7 Å². The monoisotopic (exact) mass is 350 g/mol. The molecule has 0 atom stereocenters. The summed E-state index contributed by atoms with van der Waals surface area (Å²) in [4.78, 5) is 27.9. The Morgan fingerprint density at radius 3 is 2.65 bits per heavy atom. The second-order valence-electron chi connectivity index (χ2n) is 5.68. The van der Waals surface area contributed by atoms with Gasteiger partial charge >= 0.3 is 0 Å². The van der Waals surface area contributed by atoms with Crippen molar-refractivity contribution in [3.8, 4) is 11.5 Å². The molecule has 0 aliphatic heterocycles. The molecule has 6 heteroatoms. The van der Waals surface area contributed by atoms with Gasteiger partial charge in [-0.2, -0.15) is 0 Å². The molecule has 0 saturated carbocycles. The first-order chi connectivity index (χ1) is 12.6. The molecule has 0 aliphatic carbocycles. The summed E-state index contributed by atoms with van der Waals surface area (Å²) in [5, 5.41) is 3.69. The van der Waals surface area contributed by atoms with E-state index in [9.17, 15) is 9.59 Å². The van der Waals surface area contributed by atoms with Crippen LogP contribution in [0.15, 0.2) is 54.7 Å². The molecule has 1 aromatic heterocycles. The number of Topliss-reactive ketones (excluding diaryl/α,β-unsaturated/α-hetero) is 1. The van der Waals surface area contributed by atoms with Gasteiger partial charge in [-0.25, -0.2) is 0 Å². The number of ether oxygens (including phenoxy) is 2. The Morgan fingerprint density at radius 1 is 1.08 bits per heavy atom. The predicted octanol–water partition coefficient (Wildman–Crippen LogP) is 3.46. The number of hydrogen-bond acceptors (Lipinski definition) is 5. The van der Waals surface area contributed by atoms with E-state index in [-0.39, 0.29) is 18.3 Å². The number of nitrogens with zero attached hydrogens (tertiary/aromatic N) is 1. The van der Waals surface area contributed by atoms with E-state index >= 15 is 0 Å². The molecule has 2 aromatic carbocycles. The highest BCUT2D eigenvalue weighted by atomic mass is 16.5. The predicted molar refractivity (Wildman–Crippen MR) is 98.9 cm³/mol. The van der Waals surface area contributed by atoms with Gasteiger partial charge in [0.15, 0.2) is 23.9 Å². The maximum Gasteiger partial charge on any atom is 0.262 e. The van der Waals surface area contributed by atoms with Crippen LogP contribution in [0.3, 0.4) is 0 Å². The number of para-hydroxylation sites is 1. The Kier molecular flexibility index (Phi) is 5.12. The maximum atomic E-state index is 12.1. The van der Waals surface area contributed by atoms with Crippen LogP contribution >= 0.6 is 0 Å². The quantitative estimate of drug-likeness (QED) is 0.689. The summed E-state index contributed by atoms with van der Waals surface area (Å²) in [5.74, 6) is 0.401. The number of rotatable bonds is 6. The summed E-state index contributed by atoms with van der Waals surface area (Å²) in [6.45, 7) is 1.28. The molecule has 1 amide bonds. The van der Waals surface area contributed by atoms with Crippen LogP contribution < -0.4 is 14.8 Å². The fourth-order valence-electron chi connectivity index (χ4n) is 2.49. The highest BCUT2D eigenvalue weighted by Crippen LogP contribution is 2.28. The van der Waals surface area contributed by atoms with Crippen LogP contribution in [0.5, 0.6) is 11.5 Å². The summed E-state index contributed by atoms with van der Waals surface area (Å²) in [6.07, 6.45) is 1.60. The number of pyridine rings is 1. The van der Waals surface area contributed by atoms with E-state index in [0.717, 1.165) is 10.9 Å². The number of methoxy groups -OCH3 is 1. The number of nitrogens with one attached hydrogen (secondary N) is 1. The Bertz CT molecular complexity index is 969. The maximum absolute atomic E-state index is 12.1. The van der Waals surface area contributed by atoms with Crippen molar-refractivity contribution in [1.29, 1.82) is 0 Å². The van der Waals surface area contributed by atoms with Gasteiger partial charge in [-0.3, -0.25) is 14.6 Å². The number of carbonyl (C=O) groups excluding carboxylic acids is 2. The number of ketones is 1. The van der Waals surface area contributed by atoms with Crippen LogP contribution in [0.2, 0.25) is 0 Å². The molecular weight excluding hydrogens is 332 g/mol. The minimum absolute atomic E-state index is 0.0728. The molecule has 1 N–H and O–H groups in total. The summed E-state index contributed by atoms with van der Waals surface area (Å²) < 4.78 is 10.7. The molecule has 6 nitrogen and oxygen atoms in total. The van der Waals surface area contributed by atoms with Gasteiger partial charge in [0.05, 0.1) is 24.5 Å². The smallest absolute Gasteiger partial charge is 0.262 e. The zero-order valence-electron chi connectivity index (χ0n) is 14.5. The van der Waals surface area contributed by atoms with E-state index in [1.54, 1.807) is 24.4 Å². The largest absolute Gasteiger partial charge is 0.493 e. The van der Waals surface area contributed by atoms with Gasteiger partial charge in [0, 0.05) is 10.9 Å². The first-order valence-electron chi connectivity index (χ1n) is 8.03. The van der Waals surface area contributed by atoms with Gasteiger partial charge < -0.3 is 14.8 Å². The molecule has 3 rings (SSSR count). The van der Waals surface area contributed by atoms with Gasteiger partial charge in [-0.1, -0.05) is 18.2 Å². The van der Waals surface area contributed by atoms with Crippen molar-refractivity contribution in [2.24, 2.45) is 0 Å². The van der Waals surface area contributed by atoms with Crippen LogP contribution in [0, 0.1) is 0 Å². The molecule has 1 heterocycles. The minimum atomic E-state index is -0.320. The number of amides is 1. The lowest BCUT2D eigenvalue weighted by Gasteiger charge is -2.12. The Morgan fingerprint density at radius 2 is 1.88 bits per heavy atom. The number of aromatic nitrogens is 1. The van der Waals surface area contributed by atoms with E-state index in [4.69, 9.17) is 9.47 Å². The van der Waals surface area contributed by atoms with Gasteiger partial charge in [0.1, 0.15) is 0 Å². The topological polar surface area (TPSA) is 77.5 Å². The Hall–Kier alpha value is -3.41. The lowest BCUT2D eigenvalue weighted by molar-refractivity contribution is -0.118. The standard InChI is InChI=1S/C20H18N2O4/c1-13(23)14-7-8-18(19(10-14)25-2)26-12-20(24)22-16-9-15-5-3-4-6-17(15)21-11-16/h3-11H,12H2,1-2H3,(H,22,24). The highest BCUT2D eigenvalue weighted by molar-refractivity contribution is 5.95. The van der Waals surface area contributed by atoms with E-state index in [1.165, 1.54) is 14.0 Å². The Balaban J connectivity index is 1.65. The van der Waals surface area contributed by atoms with Gasteiger partial charge in [-0.05, 0) is 37.3 Å². The van der Waals surface area contributed by atoms with E-state index in [1.807, 2.05) is 30.3 Å². The van der Waals surface area contributed by atoms with Crippen molar-refractivity contribution in [3.63, 3.8) is 0 Å². The molecule has 0 spiro atoms. The third kappa shape index (κ3) is 3.97. The molecular formula is C20H18N2O4. The van der Waals surface area contributed by atoms with Crippen molar-refractivity contribution in [2.75, 3.05) is 19.0 Å². The second kappa shape index (κ2) is 7.65. The number of hydrogen-bond donors (Lipinski definition) is 1. The average molecular weight is 350 g/mol. The molecule has 0 radical (unpaired) electrons. The fraction of sp³-hybridized carbons (Fsp3) is 0.150. The first kappa shape index (κ1) is 17.4. The second-order valence-corrected chi connectivity index (χ2v) is 5.68. The van der Waals surface area contributed by atoms with Crippen molar-refractivity contribution in [1.82, 2.24) is 4.98 Å². The average Bonchev–Trinajstić information content (AvgIpc) is 2.66. The molecule has 0 bridgehead atoms. The molecule has 0 aliphatic rings. The van der Waals surface area contributed by atoms with Crippen molar-refractivity contribution >= 4 is 28.3 Å². The van der Waals surface area contributed by atoms with E-state index < -0.39 is 0 Å². The van der Waals surface area contributed by atoms with Gasteiger partial charge in [-0.15, -0.1) is 0 Å².